The van der Waals surface area contributed by atoms with Crippen LogP contribution in [-0.4, -0.2) is 12.5 Å². The molecule has 0 fully saturated rings. The lowest BCUT2D eigenvalue weighted by Crippen LogP contribution is -1.98. The molecule has 0 saturated carbocycles. The highest BCUT2D eigenvalue weighted by Gasteiger charge is 2.02. The average molecular weight is 207 g/mol. The first-order valence-corrected chi connectivity index (χ1v) is 4.48. The molecule has 0 N–H and O–H groups in total. The zero-order valence-corrected chi connectivity index (χ0v) is 8.08. The molecule has 0 unspecified atom stereocenters. The van der Waals surface area contributed by atoms with Crippen molar-refractivity contribution in [1.29, 1.82) is 10.5 Å². The largest absolute Gasteiger partial charge is 0.492 e. The van der Waals surface area contributed by atoms with Crippen molar-refractivity contribution in [3.63, 3.8) is 0 Å². The van der Waals surface area contributed by atoms with Gasteiger partial charge in [-0.25, -0.2) is 0 Å². The van der Waals surface area contributed by atoms with Crippen LogP contribution in [0.5, 0.6) is 5.75 Å². The molecule has 0 aliphatic carbocycles. The summed E-state index contributed by atoms with van der Waals surface area (Å²) in [7, 11) is 0. The lowest BCUT2D eigenvalue weighted by molar-refractivity contribution is 0.342. The Morgan fingerprint density at radius 3 is 2.50 bits per heavy atom. The number of nitriles is 2. The number of hydrogen-bond acceptors (Lipinski definition) is 3. The fourth-order valence-corrected chi connectivity index (χ4v) is 1.04. The van der Waals surface area contributed by atoms with Gasteiger partial charge in [0.15, 0.2) is 0 Å². The maximum atomic E-state index is 8.72. The van der Waals surface area contributed by atoms with Gasteiger partial charge in [-0.15, -0.1) is 11.6 Å². The summed E-state index contributed by atoms with van der Waals surface area (Å²) < 4.78 is 5.20. The molecule has 1 rings (SSSR count). The van der Waals surface area contributed by atoms with Crippen LogP contribution in [0.3, 0.4) is 0 Å². The number of hydrogen-bond donors (Lipinski definition) is 0. The number of nitrogens with zero attached hydrogens (tertiary/aromatic N) is 2. The van der Waals surface area contributed by atoms with Crippen molar-refractivity contribution in [2.45, 2.75) is 0 Å². The quantitative estimate of drug-likeness (QED) is 0.712. The Bertz CT molecular complexity index is 404. The third kappa shape index (κ3) is 2.39. The summed E-state index contributed by atoms with van der Waals surface area (Å²) in [5, 5.41) is 17.4. The van der Waals surface area contributed by atoms with E-state index in [-0.39, 0.29) is 0 Å². The summed E-state index contributed by atoms with van der Waals surface area (Å²) in [6.45, 7) is 0.387. The first kappa shape index (κ1) is 10.4. The average Bonchev–Trinajstić information content (AvgIpc) is 2.25. The Hall–Kier alpha value is -1.71. The van der Waals surface area contributed by atoms with Crippen molar-refractivity contribution in [3.8, 4) is 17.9 Å². The van der Waals surface area contributed by atoms with Crippen LogP contribution in [0.2, 0.25) is 0 Å². The summed E-state index contributed by atoms with van der Waals surface area (Å²) in [4.78, 5) is 0. The van der Waals surface area contributed by atoms with Crippen molar-refractivity contribution in [2.75, 3.05) is 12.5 Å². The molecule has 0 heterocycles. The molecule has 3 nitrogen and oxygen atoms in total. The van der Waals surface area contributed by atoms with Crippen molar-refractivity contribution < 1.29 is 4.74 Å². The van der Waals surface area contributed by atoms with Crippen molar-refractivity contribution >= 4 is 11.6 Å². The molecular formula is C10H7ClN2O. The van der Waals surface area contributed by atoms with E-state index in [1.807, 2.05) is 12.1 Å². The second-order valence-corrected chi connectivity index (χ2v) is 2.85. The Morgan fingerprint density at radius 1 is 1.21 bits per heavy atom. The molecule has 1 aromatic rings. The van der Waals surface area contributed by atoms with Gasteiger partial charge < -0.3 is 4.74 Å². The molecule has 0 atom stereocenters. The molecule has 0 bridgehead atoms. The minimum Gasteiger partial charge on any atom is -0.492 e. The molecule has 0 aromatic heterocycles. The fraction of sp³-hybridized carbons (Fsp3) is 0.200. The zero-order valence-electron chi connectivity index (χ0n) is 7.33. The van der Waals surface area contributed by atoms with Crippen LogP contribution in [0.4, 0.5) is 0 Å². The first-order chi connectivity index (χ1) is 6.81. The summed E-state index contributed by atoms with van der Waals surface area (Å²) in [5.74, 6) is 0.947. The predicted octanol–water partition coefficient (Wildman–Crippen LogP) is 2.05. The Morgan fingerprint density at radius 2 is 1.93 bits per heavy atom. The molecule has 14 heavy (non-hydrogen) atoms. The summed E-state index contributed by atoms with van der Waals surface area (Å²) in [6.07, 6.45) is 0. The van der Waals surface area contributed by atoms with E-state index in [1.165, 1.54) is 6.07 Å². The van der Waals surface area contributed by atoms with Crippen molar-refractivity contribution in [2.24, 2.45) is 0 Å². The molecule has 0 aliphatic heterocycles. The van der Waals surface area contributed by atoms with Crippen LogP contribution in [0.15, 0.2) is 18.2 Å². The van der Waals surface area contributed by atoms with Gasteiger partial charge in [0.05, 0.1) is 17.0 Å². The smallest absolute Gasteiger partial charge is 0.120 e. The van der Waals surface area contributed by atoms with Gasteiger partial charge in [-0.1, -0.05) is 0 Å². The van der Waals surface area contributed by atoms with Gasteiger partial charge in [0.25, 0.3) is 0 Å². The first-order valence-electron chi connectivity index (χ1n) is 3.95. The van der Waals surface area contributed by atoms with E-state index < -0.39 is 0 Å². The van der Waals surface area contributed by atoms with E-state index >= 15 is 0 Å². The molecule has 70 valence electrons. The van der Waals surface area contributed by atoms with E-state index in [0.29, 0.717) is 29.4 Å². The normalized spacial score (nSPS) is 8.79. The number of alkyl halides is 1. The topological polar surface area (TPSA) is 56.8 Å². The van der Waals surface area contributed by atoms with Crippen LogP contribution in [0.25, 0.3) is 0 Å². The molecule has 0 aliphatic rings. The Balaban J connectivity index is 2.93. The molecule has 0 amide bonds. The lowest BCUT2D eigenvalue weighted by Gasteiger charge is -2.03. The molecule has 0 saturated heterocycles. The maximum absolute atomic E-state index is 8.72. The van der Waals surface area contributed by atoms with Gasteiger partial charge in [-0.3, -0.25) is 0 Å². The minimum atomic E-state index is 0.319. The van der Waals surface area contributed by atoms with Gasteiger partial charge in [0, 0.05) is 0 Å². The maximum Gasteiger partial charge on any atom is 0.120 e. The second-order valence-electron chi connectivity index (χ2n) is 2.47. The van der Waals surface area contributed by atoms with Crippen LogP contribution >= 0.6 is 11.6 Å². The molecule has 1 aromatic carbocycles. The van der Waals surface area contributed by atoms with Crippen LogP contribution in [0.1, 0.15) is 11.1 Å². The number of halogens is 1. The fourth-order valence-electron chi connectivity index (χ4n) is 0.960. The summed E-state index contributed by atoms with van der Waals surface area (Å²) >= 11 is 5.44. The molecular weight excluding hydrogens is 200 g/mol. The SMILES string of the molecule is N#Cc1ccc(OCCCl)cc1C#N. The lowest BCUT2D eigenvalue weighted by atomic mass is 10.1. The second kappa shape index (κ2) is 5.11. The summed E-state index contributed by atoms with van der Waals surface area (Å²) in [5.41, 5.74) is 0.672. The van der Waals surface area contributed by atoms with E-state index in [1.54, 1.807) is 12.1 Å². The minimum absolute atomic E-state index is 0.319. The third-order valence-electron chi connectivity index (χ3n) is 1.58. The zero-order chi connectivity index (χ0) is 10.4. The highest BCUT2D eigenvalue weighted by Crippen LogP contribution is 2.16. The monoisotopic (exact) mass is 206 g/mol. The van der Waals surface area contributed by atoms with Crippen molar-refractivity contribution in [1.82, 2.24) is 0 Å². The van der Waals surface area contributed by atoms with Crippen LogP contribution < -0.4 is 4.74 Å². The van der Waals surface area contributed by atoms with Gasteiger partial charge in [-0.2, -0.15) is 10.5 Å². The van der Waals surface area contributed by atoms with Crippen LogP contribution in [-0.2, 0) is 0 Å². The van der Waals surface area contributed by atoms with Gasteiger partial charge in [0.1, 0.15) is 24.5 Å². The van der Waals surface area contributed by atoms with E-state index in [9.17, 15) is 0 Å². The number of ether oxygens (including phenoxy) is 1. The van der Waals surface area contributed by atoms with E-state index in [2.05, 4.69) is 0 Å². The Labute approximate surface area is 87.1 Å². The number of benzene rings is 1. The highest BCUT2D eigenvalue weighted by molar-refractivity contribution is 6.18. The van der Waals surface area contributed by atoms with Gasteiger partial charge in [-0.05, 0) is 18.2 Å². The third-order valence-corrected chi connectivity index (χ3v) is 1.73. The highest BCUT2D eigenvalue weighted by atomic mass is 35.5. The van der Waals surface area contributed by atoms with E-state index in [0.717, 1.165) is 0 Å². The predicted molar refractivity (Wildman–Crippen MR) is 52.1 cm³/mol. The molecule has 4 heteroatoms. The standard InChI is InChI=1S/C10H7ClN2O/c11-3-4-14-10-2-1-8(6-12)9(5-10)7-13/h1-2,5H,3-4H2. The number of rotatable bonds is 3. The van der Waals surface area contributed by atoms with E-state index in [4.69, 9.17) is 26.9 Å². The molecule has 0 radical (unpaired) electrons. The van der Waals surface area contributed by atoms with Crippen LogP contribution in [0, 0.1) is 22.7 Å². The van der Waals surface area contributed by atoms with Gasteiger partial charge in [0.2, 0.25) is 0 Å². The van der Waals surface area contributed by atoms with Gasteiger partial charge >= 0.3 is 0 Å². The summed E-state index contributed by atoms with van der Waals surface area (Å²) in [6, 6.07) is 8.59. The van der Waals surface area contributed by atoms with Crippen molar-refractivity contribution in [3.05, 3.63) is 29.3 Å². The molecule has 0 spiro atoms. The Kier molecular flexibility index (Phi) is 3.79.